The molecular weight excluding hydrogens is 350 g/mol. The average Bonchev–Trinajstić information content (AvgIpc) is 3.14. The molecule has 26 heavy (non-hydrogen) atoms. The number of halogens is 1. The number of benzene rings is 1. The molecule has 2 aliphatic heterocycles. The maximum Gasteiger partial charge on any atom is 0.254 e. The van der Waals surface area contributed by atoms with Gasteiger partial charge in [-0.15, -0.1) is 12.4 Å². The second-order valence-corrected chi connectivity index (χ2v) is 7.47. The number of nitrogens with zero attached hydrogens (tertiary/aromatic N) is 1. The topological polar surface area (TPSA) is 61.4 Å². The largest absolute Gasteiger partial charge is 0.354 e. The summed E-state index contributed by atoms with van der Waals surface area (Å²) >= 11 is 0. The van der Waals surface area contributed by atoms with E-state index in [1.807, 2.05) is 30.9 Å². The van der Waals surface area contributed by atoms with Crippen molar-refractivity contribution in [2.45, 2.75) is 45.6 Å². The molecule has 0 spiro atoms. The Balaban J connectivity index is 0.00000243. The maximum atomic E-state index is 12.9. The Morgan fingerprint density at radius 1 is 1.23 bits per heavy atom. The molecular formula is C20H30ClN3O2. The highest BCUT2D eigenvalue weighted by Gasteiger charge is 2.27. The summed E-state index contributed by atoms with van der Waals surface area (Å²) in [7, 11) is 0. The Hall–Kier alpha value is -1.59. The Bertz CT molecular complexity index is 644. The monoisotopic (exact) mass is 379 g/mol. The van der Waals surface area contributed by atoms with Gasteiger partial charge in [0.2, 0.25) is 5.91 Å². The van der Waals surface area contributed by atoms with E-state index in [0.717, 1.165) is 56.4 Å². The molecule has 2 heterocycles. The Morgan fingerprint density at radius 2 is 2.04 bits per heavy atom. The summed E-state index contributed by atoms with van der Waals surface area (Å²) in [6.45, 7) is 7.16. The lowest BCUT2D eigenvalue weighted by atomic mass is 9.96. The van der Waals surface area contributed by atoms with Crippen molar-refractivity contribution >= 4 is 24.2 Å². The van der Waals surface area contributed by atoms with Crippen LogP contribution in [0.15, 0.2) is 18.2 Å². The molecule has 2 N–H and O–H groups in total. The lowest BCUT2D eigenvalue weighted by Crippen LogP contribution is -2.46. The fraction of sp³-hybridized carbons (Fsp3) is 0.600. The van der Waals surface area contributed by atoms with Crippen molar-refractivity contribution in [2.75, 3.05) is 26.2 Å². The molecule has 0 bridgehead atoms. The number of amides is 2. The van der Waals surface area contributed by atoms with E-state index in [0.29, 0.717) is 12.5 Å². The van der Waals surface area contributed by atoms with Crippen molar-refractivity contribution in [3.8, 4) is 0 Å². The Morgan fingerprint density at radius 3 is 2.73 bits per heavy atom. The number of piperidine rings is 1. The first-order chi connectivity index (χ1) is 12.0. The minimum atomic E-state index is -0.0310. The first-order valence-electron chi connectivity index (χ1n) is 9.42. The van der Waals surface area contributed by atoms with E-state index < -0.39 is 0 Å². The zero-order valence-corrected chi connectivity index (χ0v) is 16.5. The molecule has 0 aliphatic carbocycles. The summed E-state index contributed by atoms with van der Waals surface area (Å²) in [4.78, 5) is 27.0. The predicted octanol–water partition coefficient (Wildman–Crippen LogP) is 2.45. The fourth-order valence-electron chi connectivity index (χ4n) is 3.92. The second kappa shape index (κ2) is 9.38. The summed E-state index contributed by atoms with van der Waals surface area (Å²) in [5.41, 5.74) is 3.01. The van der Waals surface area contributed by atoms with E-state index in [1.54, 1.807) is 0 Å². The van der Waals surface area contributed by atoms with Crippen molar-refractivity contribution in [3.63, 3.8) is 0 Å². The van der Waals surface area contributed by atoms with Gasteiger partial charge < -0.3 is 15.5 Å². The van der Waals surface area contributed by atoms with Crippen LogP contribution in [0.2, 0.25) is 0 Å². The van der Waals surface area contributed by atoms with Crippen LogP contribution in [0.4, 0.5) is 0 Å². The van der Waals surface area contributed by atoms with Crippen LogP contribution < -0.4 is 10.6 Å². The van der Waals surface area contributed by atoms with E-state index in [9.17, 15) is 9.59 Å². The molecule has 2 aliphatic rings. The van der Waals surface area contributed by atoms with Crippen LogP contribution in [0.5, 0.6) is 0 Å². The Labute approximate surface area is 162 Å². The van der Waals surface area contributed by atoms with Crippen LogP contribution in [0.25, 0.3) is 0 Å². The number of aryl methyl sites for hydroxylation is 2. The molecule has 0 radical (unpaired) electrons. The van der Waals surface area contributed by atoms with Crippen molar-refractivity contribution in [3.05, 3.63) is 34.9 Å². The van der Waals surface area contributed by atoms with E-state index in [-0.39, 0.29) is 30.3 Å². The van der Waals surface area contributed by atoms with E-state index in [4.69, 9.17) is 0 Å². The molecule has 3 rings (SSSR count). The second-order valence-electron chi connectivity index (χ2n) is 7.47. The maximum absolute atomic E-state index is 12.9. The number of nitrogens with one attached hydrogen (secondary N) is 2. The van der Waals surface area contributed by atoms with Crippen LogP contribution in [-0.2, 0) is 4.79 Å². The number of carbonyl (C=O) groups is 2. The van der Waals surface area contributed by atoms with Gasteiger partial charge in [0.15, 0.2) is 0 Å². The van der Waals surface area contributed by atoms with Gasteiger partial charge in [-0.25, -0.2) is 0 Å². The third-order valence-corrected chi connectivity index (χ3v) is 5.36. The van der Waals surface area contributed by atoms with Crippen molar-refractivity contribution < 1.29 is 9.59 Å². The molecule has 6 heteroatoms. The minimum Gasteiger partial charge on any atom is -0.354 e. The number of hydrogen-bond acceptors (Lipinski definition) is 3. The minimum absolute atomic E-state index is 0. The number of carbonyl (C=O) groups excluding carboxylic acids is 2. The number of hydrogen-bond donors (Lipinski definition) is 2. The molecule has 5 nitrogen and oxygen atoms in total. The van der Waals surface area contributed by atoms with Crippen molar-refractivity contribution in [1.82, 2.24) is 15.5 Å². The van der Waals surface area contributed by atoms with Crippen molar-refractivity contribution in [2.24, 2.45) is 5.92 Å². The van der Waals surface area contributed by atoms with Crippen molar-refractivity contribution in [1.29, 1.82) is 0 Å². The third kappa shape index (κ3) is 4.98. The van der Waals surface area contributed by atoms with Gasteiger partial charge in [-0.3, -0.25) is 9.59 Å². The van der Waals surface area contributed by atoms with Crippen LogP contribution in [0.1, 0.15) is 47.2 Å². The highest BCUT2D eigenvalue weighted by atomic mass is 35.5. The molecule has 0 aromatic heterocycles. The zero-order valence-electron chi connectivity index (χ0n) is 15.7. The van der Waals surface area contributed by atoms with Crippen LogP contribution in [0.3, 0.4) is 0 Å². The van der Waals surface area contributed by atoms with Crippen LogP contribution >= 0.6 is 12.4 Å². The summed E-state index contributed by atoms with van der Waals surface area (Å²) in [5.74, 6) is 0.565. The molecule has 2 fully saturated rings. The molecule has 2 amide bonds. The standard InChI is InChI=1S/C20H29N3O2.ClH/c1-14-7-8-17(15(2)11-14)20(25)23-10-4-5-16(13-23)12-22-19(24)18-6-3-9-21-18;/h7-8,11,16,18,21H,3-6,9-10,12-13H2,1-2H3,(H,22,24);1H. The summed E-state index contributed by atoms with van der Waals surface area (Å²) < 4.78 is 0. The summed E-state index contributed by atoms with van der Waals surface area (Å²) in [5, 5.41) is 6.30. The SMILES string of the molecule is Cc1ccc(C(=O)N2CCCC(CNC(=O)C3CCCN3)C2)c(C)c1.Cl. The molecule has 144 valence electrons. The highest BCUT2D eigenvalue weighted by molar-refractivity contribution is 5.95. The third-order valence-electron chi connectivity index (χ3n) is 5.36. The van der Waals surface area contributed by atoms with Gasteiger partial charge in [0.25, 0.3) is 5.91 Å². The summed E-state index contributed by atoms with van der Waals surface area (Å²) in [6, 6.07) is 5.96. The molecule has 1 aromatic rings. The van der Waals surface area contributed by atoms with Gasteiger partial charge in [0.05, 0.1) is 6.04 Å². The molecule has 2 saturated heterocycles. The van der Waals surface area contributed by atoms with E-state index in [2.05, 4.69) is 16.7 Å². The highest BCUT2D eigenvalue weighted by Crippen LogP contribution is 2.20. The first kappa shape index (κ1) is 20.7. The first-order valence-corrected chi connectivity index (χ1v) is 9.42. The summed E-state index contributed by atoms with van der Waals surface area (Å²) in [6.07, 6.45) is 4.06. The quantitative estimate of drug-likeness (QED) is 0.844. The lowest BCUT2D eigenvalue weighted by molar-refractivity contribution is -0.123. The van der Waals surface area contributed by atoms with E-state index in [1.165, 1.54) is 5.56 Å². The fourth-order valence-corrected chi connectivity index (χ4v) is 3.92. The molecule has 2 unspecified atom stereocenters. The van der Waals surface area contributed by atoms with Gasteiger partial charge in [0, 0.05) is 25.2 Å². The normalized spacial score (nSPS) is 22.6. The zero-order chi connectivity index (χ0) is 17.8. The van der Waals surface area contributed by atoms with Crippen LogP contribution in [-0.4, -0.2) is 48.9 Å². The van der Waals surface area contributed by atoms with Gasteiger partial charge in [0.1, 0.15) is 0 Å². The van der Waals surface area contributed by atoms with Gasteiger partial charge in [-0.1, -0.05) is 17.7 Å². The van der Waals surface area contributed by atoms with Gasteiger partial charge in [-0.05, 0) is 63.6 Å². The number of likely N-dealkylation sites (tertiary alicyclic amines) is 1. The van der Waals surface area contributed by atoms with E-state index >= 15 is 0 Å². The number of rotatable bonds is 4. The van der Waals surface area contributed by atoms with Gasteiger partial charge in [-0.2, -0.15) is 0 Å². The molecule has 2 atom stereocenters. The van der Waals surface area contributed by atoms with Crippen LogP contribution in [0, 0.1) is 19.8 Å². The molecule has 0 saturated carbocycles. The van der Waals surface area contributed by atoms with Gasteiger partial charge >= 0.3 is 0 Å². The predicted molar refractivity (Wildman–Crippen MR) is 106 cm³/mol. The molecule has 1 aromatic carbocycles. The smallest absolute Gasteiger partial charge is 0.254 e. The lowest BCUT2D eigenvalue weighted by Gasteiger charge is -2.33. The average molecular weight is 380 g/mol. The Kier molecular flexibility index (Phi) is 7.47.